The summed E-state index contributed by atoms with van der Waals surface area (Å²) in [5.74, 6) is -0.312. The van der Waals surface area contributed by atoms with E-state index in [2.05, 4.69) is 30.8 Å². The lowest BCUT2D eigenvalue weighted by Gasteiger charge is -2.21. The highest BCUT2D eigenvalue weighted by molar-refractivity contribution is 9.10. The van der Waals surface area contributed by atoms with Crippen LogP contribution in [-0.2, 0) is 0 Å². The molecule has 3 aromatic carbocycles. The Morgan fingerprint density at radius 2 is 1.56 bits per heavy atom. The Bertz CT molecular complexity index is 1590. The first-order valence-corrected chi connectivity index (χ1v) is 11.9. The molecule has 0 bridgehead atoms. The maximum atomic E-state index is 13.6. The summed E-state index contributed by atoms with van der Waals surface area (Å²) in [4.78, 5) is 29.9. The number of nitrogens with zero attached hydrogens (tertiary/aromatic N) is 1. The van der Waals surface area contributed by atoms with Crippen molar-refractivity contribution in [1.29, 1.82) is 0 Å². The number of hydrogen-bond acceptors (Lipinski definition) is 2. The van der Waals surface area contributed by atoms with Gasteiger partial charge in [0, 0.05) is 26.5 Å². The van der Waals surface area contributed by atoms with Gasteiger partial charge in [-0.3, -0.25) is 9.59 Å². The highest BCUT2D eigenvalue weighted by atomic mass is 79.9. The molecule has 1 amide bonds. The van der Waals surface area contributed by atoms with E-state index in [1.165, 1.54) is 0 Å². The van der Waals surface area contributed by atoms with Crippen LogP contribution in [0.25, 0.3) is 38.6 Å². The van der Waals surface area contributed by atoms with E-state index in [9.17, 15) is 9.59 Å². The monoisotopic (exact) mass is 513 g/mol. The predicted octanol–water partition coefficient (Wildman–Crippen LogP) is 6.43. The van der Waals surface area contributed by atoms with Gasteiger partial charge in [0.2, 0.25) is 0 Å². The van der Waals surface area contributed by atoms with Gasteiger partial charge in [-0.2, -0.15) is 0 Å². The number of pyridine rings is 1. The average molecular weight is 514 g/mol. The minimum absolute atomic E-state index is 0.265. The van der Waals surface area contributed by atoms with Crippen molar-refractivity contribution in [3.63, 3.8) is 0 Å². The quantitative estimate of drug-likeness (QED) is 0.292. The predicted molar refractivity (Wildman–Crippen MR) is 142 cm³/mol. The standard InChI is InChI=1S/C28H24BrN3O2/c1-28(2,3)31-27(34)24-23-20-11-7-8-12-21(20)32(19-15-13-18(29)14-16-19)25(23)22(26(33)30-24)17-9-5-4-6-10-17/h4-16H,1-3H3,(H,30,33)(H,31,34). The molecule has 5 aromatic rings. The van der Waals surface area contributed by atoms with Crippen molar-refractivity contribution in [1.82, 2.24) is 14.9 Å². The zero-order valence-corrected chi connectivity index (χ0v) is 20.7. The molecule has 2 N–H and O–H groups in total. The number of nitrogens with one attached hydrogen (secondary N) is 2. The first-order valence-electron chi connectivity index (χ1n) is 11.1. The number of rotatable bonds is 3. The molecule has 0 aliphatic rings. The third-order valence-corrected chi connectivity index (χ3v) is 6.22. The van der Waals surface area contributed by atoms with Gasteiger partial charge in [0.05, 0.1) is 16.6 Å². The van der Waals surface area contributed by atoms with Crippen LogP contribution in [0.3, 0.4) is 0 Å². The molecule has 34 heavy (non-hydrogen) atoms. The molecule has 2 aromatic heterocycles. The zero-order chi connectivity index (χ0) is 24.0. The maximum absolute atomic E-state index is 13.6. The van der Waals surface area contributed by atoms with Crippen molar-refractivity contribution < 1.29 is 4.79 Å². The molecule has 0 aliphatic heterocycles. The molecule has 2 heterocycles. The first kappa shape index (κ1) is 22.2. The second-order valence-corrected chi connectivity index (χ2v) is 10.2. The van der Waals surface area contributed by atoms with Crippen molar-refractivity contribution in [2.75, 3.05) is 0 Å². The molecule has 0 unspecified atom stereocenters. The Kier molecular flexibility index (Phi) is 5.41. The molecule has 0 saturated heterocycles. The lowest BCUT2D eigenvalue weighted by molar-refractivity contribution is 0.0916. The van der Waals surface area contributed by atoms with Crippen molar-refractivity contribution in [3.05, 3.63) is 99.4 Å². The number of hydrogen-bond donors (Lipinski definition) is 2. The molecule has 0 saturated carbocycles. The summed E-state index contributed by atoms with van der Waals surface area (Å²) in [5, 5.41) is 4.63. The van der Waals surface area contributed by atoms with Gasteiger partial charge in [0.25, 0.3) is 11.5 Å². The zero-order valence-electron chi connectivity index (χ0n) is 19.1. The third kappa shape index (κ3) is 3.84. The normalized spacial score (nSPS) is 11.8. The lowest BCUT2D eigenvalue weighted by Crippen LogP contribution is -2.41. The van der Waals surface area contributed by atoms with Gasteiger partial charge in [0.15, 0.2) is 0 Å². The summed E-state index contributed by atoms with van der Waals surface area (Å²) in [5.41, 5.74) is 3.35. The van der Waals surface area contributed by atoms with Gasteiger partial charge in [-0.1, -0.05) is 64.5 Å². The van der Waals surface area contributed by atoms with Crippen molar-refractivity contribution >= 4 is 43.6 Å². The molecule has 0 radical (unpaired) electrons. The number of fused-ring (bicyclic) bond motifs is 3. The molecular weight excluding hydrogens is 490 g/mol. The summed E-state index contributed by atoms with van der Waals surface area (Å²) >= 11 is 3.51. The fraction of sp³-hybridized carbons (Fsp3) is 0.143. The van der Waals surface area contributed by atoms with Gasteiger partial charge in [-0.15, -0.1) is 0 Å². The van der Waals surface area contributed by atoms with Gasteiger partial charge in [-0.05, 0) is 56.7 Å². The SMILES string of the molecule is CC(C)(C)NC(=O)c1[nH]c(=O)c(-c2ccccc2)c2c1c1ccccc1n2-c1ccc(Br)cc1. The summed E-state index contributed by atoms with van der Waals surface area (Å²) in [6, 6.07) is 25.5. The van der Waals surface area contributed by atoms with Crippen LogP contribution in [0, 0.1) is 0 Å². The van der Waals surface area contributed by atoms with Crippen molar-refractivity contribution in [2.45, 2.75) is 26.3 Å². The highest BCUT2D eigenvalue weighted by Crippen LogP contribution is 2.38. The molecule has 170 valence electrons. The van der Waals surface area contributed by atoms with E-state index in [0.29, 0.717) is 11.1 Å². The minimum Gasteiger partial charge on any atom is -0.346 e. The number of carbonyl (C=O) groups excluding carboxylic acids is 1. The van der Waals surface area contributed by atoms with E-state index >= 15 is 0 Å². The topological polar surface area (TPSA) is 66.9 Å². The number of H-pyrrole nitrogens is 1. The van der Waals surface area contributed by atoms with Crippen LogP contribution in [0.4, 0.5) is 0 Å². The van der Waals surface area contributed by atoms with E-state index in [-0.39, 0.29) is 17.2 Å². The smallest absolute Gasteiger partial charge is 0.268 e. The number of carbonyl (C=O) groups is 1. The van der Waals surface area contributed by atoms with Crippen LogP contribution >= 0.6 is 15.9 Å². The number of aromatic nitrogens is 2. The summed E-state index contributed by atoms with van der Waals surface area (Å²) < 4.78 is 3.03. The van der Waals surface area contributed by atoms with Crippen LogP contribution < -0.4 is 10.9 Å². The fourth-order valence-corrected chi connectivity index (χ4v) is 4.64. The molecule has 0 atom stereocenters. The molecule has 5 rings (SSSR count). The third-order valence-electron chi connectivity index (χ3n) is 5.69. The van der Waals surface area contributed by atoms with Crippen molar-refractivity contribution in [2.24, 2.45) is 0 Å². The number of halogens is 1. The number of benzene rings is 3. The van der Waals surface area contributed by atoms with Gasteiger partial charge >= 0.3 is 0 Å². The highest BCUT2D eigenvalue weighted by Gasteiger charge is 2.26. The van der Waals surface area contributed by atoms with E-state index < -0.39 is 5.54 Å². The van der Waals surface area contributed by atoms with Gasteiger partial charge < -0.3 is 14.9 Å². The second kappa shape index (κ2) is 8.29. The van der Waals surface area contributed by atoms with Gasteiger partial charge in [-0.25, -0.2) is 0 Å². The molecule has 5 nitrogen and oxygen atoms in total. The Labute approximate surface area is 205 Å². The summed E-state index contributed by atoms with van der Waals surface area (Å²) in [7, 11) is 0. The second-order valence-electron chi connectivity index (χ2n) is 9.33. The first-order chi connectivity index (χ1) is 16.2. The number of amides is 1. The molecule has 0 fully saturated rings. The summed E-state index contributed by atoms with van der Waals surface area (Å²) in [6.45, 7) is 5.76. The molecule has 0 aliphatic carbocycles. The van der Waals surface area contributed by atoms with Crippen LogP contribution in [0.5, 0.6) is 0 Å². The van der Waals surface area contributed by atoms with Crippen LogP contribution in [0.2, 0.25) is 0 Å². The Morgan fingerprint density at radius 3 is 2.24 bits per heavy atom. The Morgan fingerprint density at radius 1 is 0.912 bits per heavy atom. The number of para-hydroxylation sites is 1. The van der Waals surface area contributed by atoms with Crippen LogP contribution in [0.1, 0.15) is 31.3 Å². The molecule has 6 heteroatoms. The minimum atomic E-state index is -0.456. The lowest BCUT2D eigenvalue weighted by atomic mass is 10.0. The van der Waals surface area contributed by atoms with Crippen molar-refractivity contribution in [3.8, 4) is 16.8 Å². The van der Waals surface area contributed by atoms with E-state index in [1.54, 1.807) is 0 Å². The Balaban J connectivity index is 1.99. The van der Waals surface area contributed by atoms with Crippen LogP contribution in [0.15, 0.2) is 88.1 Å². The average Bonchev–Trinajstić information content (AvgIpc) is 3.13. The fourth-order valence-electron chi connectivity index (χ4n) is 4.38. The van der Waals surface area contributed by atoms with E-state index in [1.807, 2.05) is 99.6 Å². The van der Waals surface area contributed by atoms with Crippen LogP contribution in [-0.4, -0.2) is 21.0 Å². The molecular formula is C28H24BrN3O2. The molecule has 0 spiro atoms. The Hall–Kier alpha value is -3.64. The van der Waals surface area contributed by atoms with E-state index in [4.69, 9.17) is 0 Å². The number of aromatic amines is 1. The maximum Gasteiger partial charge on any atom is 0.268 e. The van der Waals surface area contributed by atoms with Gasteiger partial charge in [0.1, 0.15) is 5.69 Å². The summed E-state index contributed by atoms with van der Waals surface area (Å²) in [6.07, 6.45) is 0. The van der Waals surface area contributed by atoms with E-state index in [0.717, 1.165) is 32.0 Å². The largest absolute Gasteiger partial charge is 0.346 e.